The molecule has 19 heavy (non-hydrogen) atoms. The summed E-state index contributed by atoms with van der Waals surface area (Å²) in [6.45, 7) is 7.68. The van der Waals surface area contributed by atoms with Crippen LogP contribution < -0.4 is 11.1 Å². The van der Waals surface area contributed by atoms with Gasteiger partial charge in [0.25, 0.3) is 0 Å². The molecule has 0 amide bonds. The number of morpholine rings is 1. The van der Waals surface area contributed by atoms with Crippen LogP contribution in [-0.4, -0.2) is 54.3 Å². The maximum atomic E-state index is 5.90. The number of rotatable bonds is 6. The molecule has 1 aromatic rings. The molecule has 1 aromatic heterocycles. The Balaban J connectivity index is 1.86. The number of hydrogen-bond acceptors (Lipinski definition) is 6. The summed E-state index contributed by atoms with van der Waals surface area (Å²) in [5.41, 5.74) is 6.94. The van der Waals surface area contributed by atoms with Crippen LogP contribution in [0.4, 0.5) is 11.6 Å². The lowest BCUT2D eigenvalue weighted by atomic mass is 10.1. The summed E-state index contributed by atoms with van der Waals surface area (Å²) in [6.07, 6.45) is 3.47. The van der Waals surface area contributed by atoms with E-state index in [0.29, 0.717) is 5.82 Å². The van der Waals surface area contributed by atoms with E-state index in [1.54, 1.807) is 0 Å². The van der Waals surface area contributed by atoms with E-state index < -0.39 is 0 Å². The van der Waals surface area contributed by atoms with E-state index in [-0.39, 0.29) is 0 Å². The zero-order chi connectivity index (χ0) is 13.5. The van der Waals surface area contributed by atoms with E-state index in [0.717, 1.165) is 63.6 Å². The van der Waals surface area contributed by atoms with Gasteiger partial charge in [-0.1, -0.05) is 13.3 Å². The molecule has 1 aliphatic heterocycles. The summed E-state index contributed by atoms with van der Waals surface area (Å²) < 4.78 is 5.33. The first kappa shape index (κ1) is 14.0. The third-order valence-electron chi connectivity index (χ3n) is 3.30. The summed E-state index contributed by atoms with van der Waals surface area (Å²) in [4.78, 5) is 10.7. The lowest BCUT2D eigenvalue weighted by Crippen LogP contribution is -2.39. The molecule has 0 radical (unpaired) electrons. The highest BCUT2D eigenvalue weighted by Gasteiger charge is 2.11. The fourth-order valence-electron chi connectivity index (χ4n) is 2.23. The second-order valence-electron chi connectivity index (χ2n) is 4.72. The summed E-state index contributed by atoms with van der Waals surface area (Å²) in [7, 11) is 0. The van der Waals surface area contributed by atoms with Crippen LogP contribution in [0.3, 0.4) is 0 Å². The Kier molecular flexibility index (Phi) is 5.35. The number of aromatic nitrogens is 2. The first-order chi connectivity index (χ1) is 9.31. The molecule has 0 spiro atoms. The molecule has 3 N–H and O–H groups in total. The van der Waals surface area contributed by atoms with E-state index in [9.17, 15) is 0 Å². The van der Waals surface area contributed by atoms with E-state index in [4.69, 9.17) is 10.5 Å². The van der Waals surface area contributed by atoms with Gasteiger partial charge in [-0.15, -0.1) is 0 Å². The molecule has 0 aliphatic carbocycles. The normalized spacial score (nSPS) is 16.5. The van der Waals surface area contributed by atoms with E-state index in [2.05, 4.69) is 27.1 Å². The first-order valence-electron chi connectivity index (χ1n) is 6.94. The van der Waals surface area contributed by atoms with Gasteiger partial charge < -0.3 is 15.8 Å². The molecule has 0 atom stereocenters. The average Bonchev–Trinajstić information content (AvgIpc) is 2.44. The number of nitrogens with zero attached hydrogens (tertiary/aromatic N) is 3. The highest BCUT2D eigenvalue weighted by Crippen LogP contribution is 2.18. The average molecular weight is 265 g/mol. The number of nitrogens with two attached hydrogens (primary N) is 1. The third kappa shape index (κ3) is 4.04. The molecule has 106 valence electrons. The largest absolute Gasteiger partial charge is 0.383 e. The summed E-state index contributed by atoms with van der Waals surface area (Å²) in [6, 6.07) is 0. The predicted octanol–water partition coefficient (Wildman–Crippen LogP) is 0.755. The van der Waals surface area contributed by atoms with Crippen LogP contribution in [0, 0.1) is 0 Å². The van der Waals surface area contributed by atoms with Crippen LogP contribution in [0.2, 0.25) is 0 Å². The molecule has 0 saturated carbocycles. The summed E-state index contributed by atoms with van der Waals surface area (Å²) in [5.74, 6) is 1.47. The van der Waals surface area contributed by atoms with Gasteiger partial charge in [0.1, 0.15) is 18.0 Å². The zero-order valence-electron chi connectivity index (χ0n) is 11.6. The molecule has 2 heterocycles. The van der Waals surface area contributed by atoms with Crippen molar-refractivity contribution in [3.05, 3.63) is 11.9 Å². The Morgan fingerprint density at radius 1 is 1.37 bits per heavy atom. The van der Waals surface area contributed by atoms with Gasteiger partial charge in [-0.25, -0.2) is 9.97 Å². The lowest BCUT2D eigenvalue weighted by molar-refractivity contribution is 0.0398. The predicted molar refractivity (Wildman–Crippen MR) is 76.2 cm³/mol. The van der Waals surface area contributed by atoms with Gasteiger partial charge in [0, 0.05) is 31.7 Å². The molecule has 0 bridgehead atoms. The Hall–Kier alpha value is -1.40. The van der Waals surface area contributed by atoms with Crippen molar-refractivity contribution in [2.45, 2.75) is 19.8 Å². The quantitative estimate of drug-likeness (QED) is 0.790. The van der Waals surface area contributed by atoms with Gasteiger partial charge in [-0.05, 0) is 6.42 Å². The van der Waals surface area contributed by atoms with Crippen LogP contribution in [0.15, 0.2) is 6.33 Å². The van der Waals surface area contributed by atoms with E-state index in [1.807, 2.05) is 0 Å². The third-order valence-corrected chi connectivity index (χ3v) is 3.30. The minimum absolute atomic E-state index is 0.589. The van der Waals surface area contributed by atoms with E-state index >= 15 is 0 Å². The van der Waals surface area contributed by atoms with E-state index in [1.165, 1.54) is 6.33 Å². The fourth-order valence-corrected chi connectivity index (χ4v) is 2.23. The second kappa shape index (κ2) is 7.25. The van der Waals surface area contributed by atoms with Crippen LogP contribution in [0.25, 0.3) is 0 Å². The standard InChI is InChI=1S/C13H23N5O/c1-2-3-11-12(14)16-10-17-13(11)15-4-5-18-6-8-19-9-7-18/h10H,2-9H2,1H3,(H3,14,15,16,17). The van der Waals surface area contributed by atoms with Crippen LogP contribution in [0.5, 0.6) is 0 Å². The lowest BCUT2D eigenvalue weighted by Gasteiger charge is -2.26. The highest BCUT2D eigenvalue weighted by atomic mass is 16.5. The Labute approximate surface area is 114 Å². The monoisotopic (exact) mass is 265 g/mol. The van der Waals surface area contributed by atoms with Crippen molar-refractivity contribution in [1.82, 2.24) is 14.9 Å². The fraction of sp³-hybridized carbons (Fsp3) is 0.692. The van der Waals surface area contributed by atoms with Crippen molar-refractivity contribution in [1.29, 1.82) is 0 Å². The minimum atomic E-state index is 0.589. The Morgan fingerprint density at radius 2 is 2.16 bits per heavy atom. The molecule has 1 saturated heterocycles. The number of nitrogens with one attached hydrogen (secondary N) is 1. The van der Waals surface area contributed by atoms with Gasteiger partial charge >= 0.3 is 0 Å². The highest BCUT2D eigenvalue weighted by molar-refractivity contribution is 5.54. The SMILES string of the molecule is CCCc1c(N)ncnc1NCCN1CCOCC1. The molecule has 1 aliphatic rings. The topological polar surface area (TPSA) is 76.3 Å². The van der Waals surface area contributed by atoms with Crippen molar-refractivity contribution >= 4 is 11.6 Å². The minimum Gasteiger partial charge on any atom is -0.383 e. The number of ether oxygens (including phenoxy) is 1. The van der Waals surface area contributed by atoms with Crippen molar-refractivity contribution in [2.24, 2.45) is 0 Å². The summed E-state index contributed by atoms with van der Waals surface area (Å²) in [5, 5.41) is 3.37. The second-order valence-corrected chi connectivity index (χ2v) is 4.72. The van der Waals surface area contributed by atoms with Crippen LogP contribution in [-0.2, 0) is 11.2 Å². The van der Waals surface area contributed by atoms with Gasteiger partial charge in [-0.3, -0.25) is 4.90 Å². The maximum absolute atomic E-state index is 5.90. The van der Waals surface area contributed by atoms with Crippen molar-refractivity contribution < 1.29 is 4.74 Å². The van der Waals surface area contributed by atoms with Gasteiger partial charge in [0.05, 0.1) is 13.2 Å². The molecule has 6 nitrogen and oxygen atoms in total. The smallest absolute Gasteiger partial charge is 0.134 e. The summed E-state index contributed by atoms with van der Waals surface area (Å²) >= 11 is 0. The number of nitrogen functional groups attached to an aromatic ring is 1. The van der Waals surface area contributed by atoms with Gasteiger partial charge in [-0.2, -0.15) is 0 Å². The number of anilines is 2. The molecule has 1 fully saturated rings. The molecular formula is C13H23N5O. The maximum Gasteiger partial charge on any atom is 0.134 e. The van der Waals surface area contributed by atoms with Gasteiger partial charge in [0.2, 0.25) is 0 Å². The molecule has 0 aromatic carbocycles. The zero-order valence-corrected chi connectivity index (χ0v) is 11.6. The van der Waals surface area contributed by atoms with Crippen LogP contribution in [0.1, 0.15) is 18.9 Å². The van der Waals surface area contributed by atoms with Crippen molar-refractivity contribution in [3.63, 3.8) is 0 Å². The molecule has 6 heteroatoms. The first-order valence-corrected chi connectivity index (χ1v) is 6.94. The Bertz CT molecular complexity index is 393. The van der Waals surface area contributed by atoms with Crippen molar-refractivity contribution in [3.8, 4) is 0 Å². The number of hydrogen-bond donors (Lipinski definition) is 2. The van der Waals surface area contributed by atoms with Gasteiger partial charge in [0.15, 0.2) is 0 Å². The van der Waals surface area contributed by atoms with Crippen LogP contribution >= 0.6 is 0 Å². The molecular weight excluding hydrogens is 242 g/mol. The Morgan fingerprint density at radius 3 is 2.89 bits per heavy atom. The molecule has 0 unspecified atom stereocenters. The van der Waals surface area contributed by atoms with Crippen molar-refractivity contribution in [2.75, 3.05) is 50.4 Å². The molecule has 2 rings (SSSR count).